The van der Waals surface area contributed by atoms with Crippen LogP contribution in [0.1, 0.15) is 22.3 Å². The summed E-state index contributed by atoms with van der Waals surface area (Å²) < 4.78 is 2.57. The molecule has 9 aromatic rings. The first-order valence-corrected chi connectivity index (χ1v) is 18.9. The highest BCUT2D eigenvalue weighted by molar-refractivity contribution is 7.99. The molecule has 0 saturated heterocycles. The fourth-order valence-electron chi connectivity index (χ4n) is 8.36. The molecule has 0 unspecified atom stereocenters. The van der Waals surface area contributed by atoms with Crippen molar-refractivity contribution in [2.45, 2.75) is 15.2 Å². The van der Waals surface area contributed by atoms with E-state index < -0.39 is 5.41 Å². The Morgan fingerprint density at radius 1 is 0.392 bits per heavy atom. The summed E-state index contributed by atoms with van der Waals surface area (Å²) >= 11 is 3.70. The van der Waals surface area contributed by atoms with E-state index in [2.05, 4.69) is 164 Å². The van der Waals surface area contributed by atoms with Crippen molar-refractivity contribution >= 4 is 43.3 Å². The third kappa shape index (κ3) is 4.24. The van der Waals surface area contributed by atoms with Gasteiger partial charge in [0.2, 0.25) is 0 Å². The van der Waals surface area contributed by atoms with E-state index in [0.717, 1.165) is 33.9 Å². The lowest BCUT2D eigenvalue weighted by molar-refractivity contribution is 0.722. The van der Waals surface area contributed by atoms with Crippen molar-refractivity contribution in [3.8, 4) is 45.0 Å². The maximum absolute atomic E-state index is 5.28. The first-order chi connectivity index (χ1) is 25.3. The minimum absolute atomic E-state index is 0.440. The molecule has 0 fully saturated rings. The Kier molecular flexibility index (Phi) is 6.30. The van der Waals surface area contributed by atoms with Crippen molar-refractivity contribution in [1.29, 1.82) is 0 Å². The van der Waals surface area contributed by atoms with E-state index in [1.54, 1.807) is 0 Å². The zero-order valence-electron chi connectivity index (χ0n) is 27.4. The van der Waals surface area contributed by atoms with Gasteiger partial charge in [0, 0.05) is 46.7 Å². The quantitative estimate of drug-likeness (QED) is 0.185. The van der Waals surface area contributed by atoms with Gasteiger partial charge in [-0.3, -0.25) is 0 Å². The van der Waals surface area contributed by atoms with Crippen LogP contribution in [0.15, 0.2) is 180 Å². The summed E-state index contributed by atoms with van der Waals surface area (Å²) in [4.78, 5) is 13.1. The van der Waals surface area contributed by atoms with Crippen molar-refractivity contribution in [3.63, 3.8) is 0 Å². The summed E-state index contributed by atoms with van der Waals surface area (Å²) in [5.41, 5.74) is 12.5. The molecule has 2 aliphatic rings. The minimum atomic E-state index is -0.440. The molecule has 3 heterocycles. The number of rotatable bonds is 3. The molecule has 0 saturated carbocycles. The Morgan fingerprint density at radius 3 is 1.76 bits per heavy atom. The van der Waals surface area contributed by atoms with Crippen LogP contribution in [0.3, 0.4) is 0 Å². The molecule has 2 aromatic heterocycles. The van der Waals surface area contributed by atoms with Gasteiger partial charge in [-0.05, 0) is 69.8 Å². The van der Waals surface area contributed by atoms with Crippen molar-refractivity contribution in [3.05, 3.63) is 192 Å². The molecule has 1 aliphatic heterocycles. The van der Waals surface area contributed by atoms with Crippen molar-refractivity contribution < 1.29 is 0 Å². The summed E-state index contributed by atoms with van der Waals surface area (Å²) in [5, 5.41) is 2.58. The van der Waals surface area contributed by atoms with Gasteiger partial charge < -0.3 is 0 Å². The lowest BCUT2D eigenvalue weighted by Gasteiger charge is -2.39. The Hall–Kier alpha value is -5.81. The molecule has 11 rings (SSSR count). The van der Waals surface area contributed by atoms with Gasteiger partial charge in [-0.15, -0.1) is 11.3 Å². The van der Waals surface area contributed by atoms with Gasteiger partial charge in [0.25, 0.3) is 0 Å². The number of aromatic nitrogens is 2. The largest absolute Gasteiger partial charge is 0.228 e. The van der Waals surface area contributed by atoms with E-state index in [4.69, 9.17) is 9.97 Å². The number of nitrogens with zero attached hydrogens (tertiary/aromatic N) is 2. The van der Waals surface area contributed by atoms with Crippen LogP contribution in [0, 0.1) is 0 Å². The first kappa shape index (κ1) is 29.0. The van der Waals surface area contributed by atoms with Crippen LogP contribution >= 0.6 is 23.1 Å². The van der Waals surface area contributed by atoms with Crippen LogP contribution in [0.4, 0.5) is 0 Å². The predicted molar refractivity (Wildman–Crippen MR) is 213 cm³/mol. The predicted octanol–water partition coefficient (Wildman–Crippen LogP) is 12.7. The number of hydrogen-bond donors (Lipinski definition) is 0. The smallest absolute Gasteiger partial charge is 0.160 e. The van der Waals surface area contributed by atoms with E-state index in [1.165, 1.54) is 63.3 Å². The van der Waals surface area contributed by atoms with Gasteiger partial charge in [0.1, 0.15) is 0 Å². The van der Waals surface area contributed by atoms with Gasteiger partial charge in [0.05, 0.1) is 16.8 Å². The van der Waals surface area contributed by atoms with Crippen LogP contribution in [-0.4, -0.2) is 9.97 Å². The molecule has 1 aliphatic carbocycles. The van der Waals surface area contributed by atoms with E-state index in [9.17, 15) is 0 Å². The third-order valence-electron chi connectivity index (χ3n) is 10.6. The van der Waals surface area contributed by atoms with Gasteiger partial charge in [-0.1, -0.05) is 145 Å². The van der Waals surface area contributed by atoms with Gasteiger partial charge in [-0.2, -0.15) is 0 Å². The van der Waals surface area contributed by atoms with Crippen LogP contribution < -0.4 is 0 Å². The molecule has 4 heteroatoms. The third-order valence-corrected chi connectivity index (χ3v) is 12.9. The van der Waals surface area contributed by atoms with E-state index >= 15 is 0 Å². The molecular formula is C47H28N2S2. The maximum Gasteiger partial charge on any atom is 0.160 e. The highest BCUT2D eigenvalue weighted by Crippen LogP contribution is 2.62. The molecule has 2 nitrogen and oxygen atoms in total. The zero-order chi connectivity index (χ0) is 33.5. The molecule has 1 spiro atoms. The van der Waals surface area contributed by atoms with Crippen LogP contribution in [-0.2, 0) is 5.41 Å². The maximum atomic E-state index is 5.28. The Labute approximate surface area is 304 Å². The van der Waals surface area contributed by atoms with Crippen LogP contribution in [0.25, 0.3) is 65.2 Å². The van der Waals surface area contributed by atoms with Gasteiger partial charge in [-0.25, -0.2) is 9.97 Å². The SMILES string of the molecule is c1ccc(-c2nc(-c3ccc4c(c3)C3(c5ccccc5S4)c4ccccc4-c4ccccc43)cc(-c3ccc4c(c3)sc3ccccc34)n2)cc1. The molecule has 0 bridgehead atoms. The monoisotopic (exact) mass is 684 g/mol. The Morgan fingerprint density at radius 2 is 0.980 bits per heavy atom. The number of hydrogen-bond acceptors (Lipinski definition) is 4. The Balaban J connectivity index is 1.15. The minimum Gasteiger partial charge on any atom is -0.228 e. The lowest BCUT2D eigenvalue weighted by Crippen LogP contribution is -2.32. The topological polar surface area (TPSA) is 25.8 Å². The highest BCUT2D eigenvalue weighted by atomic mass is 32.2. The average Bonchev–Trinajstić information content (AvgIpc) is 3.72. The molecule has 0 radical (unpaired) electrons. The average molecular weight is 685 g/mol. The van der Waals surface area contributed by atoms with E-state index in [1.807, 2.05) is 29.2 Å². The second-order valence-electron chi connectivity index (χ2n) is 13.3. The molecule has 0 N–H and O–H groups in total. The molecule has 0 amide bonds. The lowest BCUT2D eigenvalue weighted by atomic mass is 9.67. The summed E-state index contributed by atoms with van der Waals surface area (Å²) in [6, 6.07) is 61.8. The molecule has 51 heavy (non-hydrogen) atoms. The van der Waals surface area contributed by atoms with E-state index in [0.29, 0.717) is 0 Å². The van der Waals surface area contributed by atoms with Crippen molar-refractivity contribution in [1.82, 2.24) is 9.97 Å². The van der Waals surface area contributed by atoms with Crippen molar-refractivity contribution in [2.75, 3.05) is 0 Å². The van der Waals surface area contributed by atoms with Crippen LogP contribution in [0.5, 0.6) is 0 Å². The molecule has 7 aromatic carbocycles. The number of benzene rings is 7. The number of fused-ring (bicyclic) bond motifs is 12. The molecular weight excluding hydrogens is 657 g/mol. The van der Waals surface area contributed by atoms with E-state index in [-0.39, 0.29) is 0 Å². The summed E-state index contributed by atoms with van der Waals surface area (Å²) in [5.74, 6) is 0.725. The normalized spacial score (nSPS) is 13.6. The molecule has 0 atom stereocenters. The fraction of sp³-hybridized carbons (Fsp3) is 0.0213. The van der Waals surface area contributed by atoms with Gasteiger partial charge >= 0.3 is 0 Å². The van der Waals surface area contributed by atoms with Crippen LogP contribution in [0.2, 0.25) is 0 Å². The van der Waals surface area contributed by atoms with Crippen molar-refractivity contribution in [2.24, 2.45) is 0 Å². The summed E-state index contributed by atoms with van der Waals surface area (Å²) in [6.45, 7) is 0. The Bertz CT molecular complexity index is 2810. The summed E-state index contributed by atoms with van der Waals surface area (Å²) in [6.07, 6.45) is 0. The fourth-order valence-corrected chi connectivity index (χ4v) is 10.7. The first-order valence-electron chi connectivity index (χ1n) is 17.2. The highest BCUT2D eigenvalue weighted by Gasteiger charge is 2.50. The number of thiophene rings is 1. The van der Waals surface area contributed by atoms with Gasteiger partial charge in [0.15, 0.2) is 5.82 Å². The second-order valence-corrected chi connectivity index (χ2v) is 15.5. The molecule has 238 valence electrons. The summed E-state index contributed by atoms with van der Waals surface area (Å²) in [7, 11) is 0. The second kappa shape index (κ2) is 11.1. The standard InChI is InChI=1S/C47H28N2S2/c1-2-12-29(13-3-1)46-48-40(28-41(49-46)31-22-24-35-34-16-6-10-20-42(34)50-45(35)27-31)30-23-25-44-39(26-30)47(38-19-9-11-21-43(38)51-44)36-17-7-4-14-32(36)33-15-5-8-18-37(33)47/h1-28H. The zero-order valence-corrected chi connectivity index (χ0v) is 29.0.